The van der Waals surface area contributed by atoms with Crippen molar-refractivity contribution in [3.05, 3.63) is 33.9 Å². The molecule has 1 unspecified atom stereocenters. The van der Waals surface area contributed by atoms with Gasteiger partial charge in [-0.05, 0) is 12.1 Å². The highest BCUT2D eigenvalue weighted by atomic mass is 19.4. The fraction of sp³-hybridized carbons (Fsp3) is 0.333. The number of hydrogen-bond donors (Lipinski definition) is 1. The molecule has 0 saturated carbocycles. The van der Waals surface area contributed by atoms with Gasteiger partial charge in [-0.15, -0.1) is 0 Å². The molecule has 8 heteroatoms. The highest BCUT2D eigenvalue weighted by molar-refractivity contribution is 5.47. The molecule has 0 aliphatic carbocycles. The minimum absolute atomic E-state index is 0.0744. The van der Waals surface area contributed by atoms with Crippen molar-refractivity contribution in [2.45, 2.75) is 12.2 Å². The summed E-state index contributed by atoms with van der Waals surface area (Å²) in [6.45, 7) is 0. The molecule has 0 bridgehead atoms. The molecule has 1 rings (SSSR count). The molecule has 1 aromatic rings. The van der Waals surface area contributed by atoms with Gasteiger partial charge in [-0.3, -0.25) is 10.1 Å². The Hall–Kier alpha value is -1.83. The largest absolute Gasteiger partial charge is 0.497 e. The maximum absolute atomic E-state index is 12.4. The lowest BCUT2D eigenvalue weighted by atomic mass is 10.0. The number of nitrogens with two attached hydrogens (primary N) is 1. The maximum Gasteiger partial charge on any atom is 0.407 e. The molecular weight excluding hydrogens is 241 g/mol. The summed E-state index contributed by atoms with van der Waals surface area (Å²) in [6.07, 6.45) is -4.75. The maximum atomic E-state index is 12.4. The zero-order valence-electron chi connectivity index (χ0n) is 8.69. The Morgan fingerprint density at radius 2 is 2.06 bits per heavy atom. The van der Waals surface area contributed by atoms with E-state index in [-0.39, 0.29) is 5.75 Å². The van der Waals surface area contributed by atoms with E-state index in [9.17, 15) is 23.3 Å². The Kier molecular flexibility index (Phi) is 3.56. The molecule has 0 saturated heterocycles. The van der Waals surface area contributed by atoms with Gasteiger partial charge in [0.05, 0.1) is 17.6 Å². The van der Waals surface area contributed by atoms with Gasteiger partial charge < -0.3 is 10.5 Å². The van der Waals surface area contributed by atoms with Crippen LogP contribution in [0, 0.1) is 10.1 Å². The van der Waals surface area contributed by atoms with Crippen molar-refractivity contribution in [1.82, 2.24) is 0 Å². The lowest BCUT2D eigenvalue weighted by Crippen LogP contribution is -2.29. The Bertz CT molecular complexity index is 434. The van der Waals surface area contributed by atoms with Crippen LogP contribution in [0.4, 0.5) is 18.9 Å². The fourth-order valence-electron chi connectivity index (χ4n) is 1.25. The van der Waals surface area contributed by atoms with E-state index in [2.05, 4.69) is 0 Å². The van der Waals surface area contributed by atoms with Crippen molar-refractivity contribution in [1.29, 1.82) is 0 Å². The van der Waals surface area contributed by atoms with Gasteiger partial charge >= 0.3 is 6.18 Å². The number of rotatable bonds is 3. The van der Waals surface area contributed by atoms with Crippen LogP contribution in [0.25, 0.3) is 0 Å². The van der Waals surface area contributed by atoms with Crippen molar-refractivity contribution in [3.63, 3.8) is 0 Å². The second-order valence-corrected chi connectivity index (χ2v) is 3.20. The minimum atomic E-state index is -4.75. The number of alkyl halides is 3. The van der Waals surface area contributed by atoms with Gasteiger partial charge in [-0.1, -0.05) is 0 Å². The highest BCUT2D eigenvalue weighted by Gasteiger charge is 2.41. The Morgan fingerprint density at radius 3 is 2.47 bits per heavy atom. The number of ether oxygens (including phenoxy) is 1. The Labute approximate surface area is 94.1 Å². The molecule has 0 spiro atoms. The minimum Gasteiger partial charge on any atom is -0.497 e. The van der Waals surface area contributed by atoms with Gasteiger partial charge in [0.1, 0.15) is 11.8 Å². The normalized spacial score (nSPS) is 13.2. The summed E-state index contributed by atoms with van der Waals surface area (Å²) in [5.41, 5.74) is 3.64. The van der Waals surface area contributed by atoms with Gasteiger partial charge in [0.25, 0.3) is 5.69 Å². The molecule has 0 radical (unpaired) electrons. The van der Waals surface area contributed by atoms with Crippen LogP contribution in [0.2, 0.25) is 0 Å². The number of nitro benzene ring substituents is 1. The van der Waals surface area contributed by atoms with Crippen molar-refractivity contribution in [3.8, 4) is 5.75 Å². The number of benzene rings is 1. The van der Waals surface area contributed by atoms with Crippen molar-refractivity contribution < 1.29 is 22.8 Å². The molecule has 5 nitrogen and oxygen atoms in total. The second-order valence-electron chi connectivity index (χ2n) is 3.20. The fourth-order valence-corrected chi connectivity index (χ4v) is 1.25. The summed E-state index contributed by atoms with van der Waals surface area (Å²) in [4.78, 5) is 9.68. The summed E-state index contributed by atoms with van der Waals surface area (Å²) in [5.74, 6) is 0.0744. The first-order valence-corrected chi connectivity index (χ1v) is 4.42. The van der Waals surface area contributed by atoms with Crippen molar-refractivity contribution >= 4 is 5.69 Å². The molecule has 94 valence electrons. The van der Waals surface area contributed by atoms with E-state index in [1.807, 2.05) is 0 Å². The van der Waals surface area contributed by atoms with Crippen molar-refractivity contribution in [2.24, 2.45) is 5.73 Å². The summed E-state index contributed by atoms with van der Waals surface area (Å²) < 4.78 is 42.0. The van der Waals surface area contributed by atoms with E-state index in [1.54, 1.807) is 0 Å². The molecule has 0 amide bonds. The van der Waals surface area contributed by atoms with Gasteiger partial charge in [0.15, 0.2) is 0 Å². The van der Waals surface area contributed by atoms with Gasteiger partial charge in [0, 0.05) is 6.07 Å². The van der Waals surface area contributed by atoms with Crippen LogP contribution >= 0.6 is 0 Å². The molecular formula is C9H9F3N2O3. The van der Waals surface area contributed by atoms with E-state index < -0.39 is 28.4 Å². The van der Waals surface area contributed by atoms with Crippen LogP contribution in [0.3, 0.4) is 0 Å². The molecule has 1 aromatic carbocycles. The second kappa shape index (κ2) is 4.58. The Balaban J connectivity index is 3.32. The number of nitro groups is 1. The van der Waals surface area contributed by atoms with Crippen LogP contribution in [0.1, 0.15) is 11.6 Å². The van der Waals surface area contributed by atoms with Crippen molar-refractivity contribution in [2.75, 3.05) is 7.11 Å². The van der Waals surface area contributed by atoms with Gasteiger partial charge in [0.2, 0.25) is 0 Å². The number of methoxy groups -OCH3 is 1. The van der Waals surface area contributed by atoms with E-state index in [0.717, 1.165) is 12.1 Å². The zero-order valence-corrected chi connectivity index (χ0v) is 8.69. The first-order chi connectivity index (χ1) is 7.77. The third-order valence-corrected chi connectivity index (χ3v) is 2.12. The topological polar surface area (TPSA) is 78.4 Å². The summed E-state index contributed by atoms with van der Waals surface area (Å²) >= 11 is 0. The van der Waals surface area contributed by atoms with Gasteiger partial charge in [-0.25, -0.2) is 0 Å². The van der Waals surface area contributed by atoms with E-state index >= 15 is 0 Å². The zero-order chi connectivity index (χ0) is 13.2. The Morgan fingerprint density at radius 1 is 1.47 bits per heavy atom. The predicted octanol–water partition coefficient (Wildman–Crippen LogP) is 2.17. The third kappa shape index (κ3) is 2.84. The van der Waals surface area contributed by atoms with E-state index in [4.69, 9.17) is 10.5 Å². The standard InChI is InChI=1S/C9H9F3N2O3/c1-17-5-2-3-7(14(15)16)6(4-5)8(13)9(10,11)12/h2-4,8H,13H2,1H3. The molecule has 1 atom stereocenters. The summed E-state index contributed by atoms with van der Waals surface area (Å²) in [7, 11) is 1.24. The van der Waals surface area contributed by atoms with Crippen LogP contribution < -0.4 is 10.5 Å². The molecule has 0 aliphatic rings. The smallest absolute Gasteiger partial charge is 0.407 e. The first kappa shape index (κ1) is 13.2. The lowest BCUT2D eigenvalue weighted by molar-refractivity contribution is -0.386. The number of halogens is 3. The molecule has 0 fully saturated rings. The molecule has 0 heterocycles. The predicted molar refractivity (Wildman–Crippen MR) is 52.6 cm³/mol. The molecule has 0 aliphatic heterocycles. The molecule has 2 N–H and O–H groups in total. The molecule has 17 heavy (non-hydrogen) atoms. The summed E-state index contributed by atoms with van der Waals surface area (Å²) in [5, 5.41) is 10.6. The van der Waals surface area contributed by atoms with E-state index in [0.29, 0.717) is 0 Å². The van der Waals surface area contributed by atoms with Gasteiger partial charge in [-0.2, -0.15) is 13.2 Å². The molecule has 0 aromatic heterocycles. The SMILES string of the molecule is COc1ccc([N+](=O)[O-])c(C(N)C(F)(F)F)c1. The summed E-state index contributed by atoms with van der Waals surface area (Å²) in [6, 6.07) is 0.624. The number of hydrogen-bond acceptors (Lipinski definition) is 4. The first-order valence-electron chi connectivity index (χ1n) is 4.42. The lowest BCUT2D eigenvalue weighted by Gasteiger charge is -2.16. The monoisotopic (exact) mass is 250 g/mol. The third-order valence-electron chi connectivity index (χ3n) is 2.12. The quantitative estimate of drug-likeness (QED) is 0.658. The van der Waals surface area contributed by atoms with Crippen LogP contribution in [-0.2, 0) is 0 Å². The van der Waals surface area contributed by atoms with Crippen LogP contribution in [-0.4, -0.2) is 18.2 Å². The average Bonchev–Trinajstić information content (AvgIpc) is 2.25. The van der Waals surface area contributed by atoms with Crippen LogP contribution in [0.15, 0.2) is 18.2 Å². The average molecular weight is 250 g/mol. The van der Waals surface area contributed by atoms with E-state index in [1.165, 1.54) is 13.2 Å². The number of nitrogens with zero attached hydrogens (tertiary/aromatic N) is 1. The van der Waals surface area contributed by atoms with Crippen LogP contribution in [0.5, 0.6) is 5.75 Å². The highest BCUT2D eigenvalue weighted by Crippen LogP contribution is 2.36.